The van der Waals surface area contributed by atoms with Crippen molar-refractivity contribution in [3.8, 4) is 0 Å². The van der Waals surface area contributed by atoms with Crippen LogP contribution in [0, 0.1) is 58.2 Å². The first kappa shape index (κ1) is 31.2. The second-order valence-electron chi connectivity index (χ2n) is 13.9. The highest BCUT2D eigenvalue weighted by Crippen LogP contribution is 2.70. The van der Waals surface area contributed by atoms with Gasteiger partial charge in [-0.3, -0.25) is 0 Å². The summed E-state index contributed by atoms with van der Waals surface area (Å²) in [5.41, 5.74) is 0.0898. The Bertz CT molecular complexity index is 824. The van der Waals surface area contributed by atoms with E-state index in [2.05, 4.69) is 34.6 Å². The summed E-state index contributed by atoms with van der Waals surface area (Å²) < 4.78 is 43.8. The molecule has 39 heavy (non-hydrogen) atoms. The van der Waals surface area contributed by atoms with Crippen molar-refractivity contribution >= 4 is 5.97 Å². The fraction of sp³-hybridized carbons (Fsp3) is 0.969. The minimum Gasteiger partial charge on any atom is -0.467 e. The van der Waals surface area contributed by atoms with E-state index >= 15 is 0 Å². The molecule has 4 aliphatic carbocycles. The number of esters is 1. The van der Waals surface area contributed by atoms with Crippen molar-refractivity contribution in [3.05, 3.63) is 0 Å². The number of rotatable bonds is 11. The summed E-state index contributed by atoms with van der Waals surface area (Å²) in [7, 11) is 4.66. The van der Waals surface area contributed by atoms with Crippen LogP contribution in [0.2, 0.25) is 0 Å². The highest BCUT2D eigenvalue weighted by molar-refractivity contribution is 5.74. The average molecular weight is 555 g/mol. The first-order valence-corrected chi connectivity index (χ1v) is 15.5. The van der Waals surface area contributed by atoms with Gasteiger partial charge in [-0.2, -0.15) is 0 Å². The van der Waals surface area contributed by atoms with Crippen LogP contribution >= 0.6 is 0 Å². The molecule has 6 nitrogen and oxygen atoms in total. The van der Waals surface area contributed by atoms with Crippen LogP contribution in [0.1, 0.15) is 86.0 Å². The number of methoxy groups -OCH3 is 3. The van der Waals surface area contributed by atoms with Crippen LogP contribution in [-0.4, -0.2) is 59.3 Å². The molecule has 226 valence electrons. The average Bonchev–Trinajstić information content (AvgIpc) is 3.28. The third-order valence-corrected chi connectivity index (χ3v) is 12.3. The van der Waals surface area contributed by atoms with Gasteiger partial charge in [-0.15, -0.1) is 0 Å². The van der Waals surface area contributed by atoms with Gasteiger partial charge in [0.15, 0.2) is 6.17 Å². The first-order valence-electron chi connectivity index (χ1n) is 15.5. The first-order chi connectivity index (χ1) is 18.6. The van der Waals surface area contributed by atoms with Gasteiger partial charge in [0.1, 0.15) is 13.6 Å². The maximum absolute atomic E-state index is 14.8. The SMILES string of the molecule is CC[C@H]1C(OCOC)C2C3CC[C@H]([C@H](C)C[C@H](F)C(=O)OC)[C@@]3(C)[C@@H](OCOC)CC2[C@@]2(C)CC[C@@H](C)C[C@@H]12. The molecule has 0 aromatic rings. The van der Waals surface area contributed by atoms with E-state index < -0.39 is 12.1 Å². The zero-order valence-corrected chi connectivity index (χ0v) is 25.7. The van der Waals surface area contributed by atoms with Gasteiger partial charge in [0.05, 0.1) is 19.3 Å². The lowest BCUT2D eigenvalue weighted by atomic mass is 9.40. The predicted octanol–water partition coefficient (Wildman–Crippen LogP) is 6.65. The minimum absolute atomic E-state index is 0.0212. The van der Waals surface area contributed by atoms with E-state index in [9.17, 15) is 9.18 Å². The van der Waals surface area contributed by atoms with Crippen molar-refractivity contribution in [2.45, 2.75) is 104 Å². The van der Waals surface area contributed by atoms with Crippen LogP contribution in [0.3, 0.4) is 0 Å². The van der Waals surface area contributed by atoms with Gasteiger partial charge in [0, 0.05) is 19.6 Å². The summed E-state index contributed by atoms with van der Waals surface area (Å²) in [6.07, 6.45) is 6.75. The van der Waals surface area contributed by atoms with Crippen LogP contribution in [0.4, 0.5) is 4.39 Å². The zero-order valence-electron chi connectivity index (χ0n) is 25.7. The number of halogens is 1. The summed E-state index contributed by atoms with van der Waals surface area (Å²) in [5, 5.41) is 0. The van der Waals surface area contributed by atoms with E-state index in [0.29, 0.717) is 36.4 Å². The predicted molar refractivity (Wildman–Crippen MR) is 149 cm³/mol. The molecule has 13 atom stereocenters. The van der Waals surface area contributed by atoms with E-state index in [1.165, 1.54) is 26.4 Å². The molecular formula is C32H55FO6. The van der Waals surface area contributed by atoms with Crippen molar-refractivity contribution in [1.29, 1.82) is 0 Å². The number of hydrogen-bond acceptors (Lipinski definition) is 6. The van der Waals surface area contributed by atoms with Crippen LogP contribution < -0.4 is 0 Å². The van der Waals surface area contributed by atoms with Gasteiger partial charge in [-0.05, 0) is 91.3 Å². The van der Waals surface area contributed by atoms with Crippen molar-refractivity contribution in [3.63, 3.8) is 0 Å². The van der Waals surface area contributed by atoms with Gasteiger partial charge < -0.3 is 23.7 Å². The van der Waals surface area contributed by atoms with E-state index in [4.69, 9.17) is 23.7 Å². The van der Waals surface area contributed by atoms with Crippen molar-refractivity contribution in [1.82, 2.24) is 0 Å². The Kier molecular flexibility index (Phi) is 10.1. The molecule has 0 aromatic heterocycles. The summed E-state index contributed by atoms with van der Waals surface area (Å²) in [5.74, 6) is 2.68. The van der Waals surface area contributed by atoms with Gasteiger partial charge in [0.25, 0.3) is 0 Å². The lowest BCUT2D eigenvalue weighted by Crippen LogP contribution is -2.65. The zero-order chi connectivity index (χ0) is 28.5. The molecule has 0 aromatic carbocycles. The molecule has 4 fully saturated rings. The number of carbonyl (C=O) groups is 1. The molecule has 0 N–H and O–H groups in total. The highest BCUT2D eigenvalue weighted by Gasteiger charge is 2.68. The maximum Gasteiger partial charge on any atom is 0.340 e. The van der Waals surface area contributed by atoms with E-state index in [-0.39, 0.29) is 48.1 Å². The summed E-state index contributed by atoms with van der Waals surface area (Å²) in [4.78, 5) is 12.0. The Morgan fingerprint density at radius 2 is 1.67 bits per heavy atom. The Morgan fingerprint density at radius 1 is 0.974 bits per heavy atom. The molecule has 0 saturated heterocycles. The van der Waals surface area contributed by atoms with E-state index in [1.54, 1.807) is 14.2 Å². The number of ether oxygens (including phenoxy) is 5. The van der Waals surface area contributed by atoms with Gasteiger partial charge >= 0.3 is 5.97 Å². The van der Waals surface area contributed by atoms with E-state index in [1.807, 2.05) is 0 Å². The van der Waals surface area contributed by atoms with Gasteiger partial charge in [0.2, 0.25) is 0 Å². The number of alkyl halides is 1. The van der Waals surface area contributed by atoms with Crippen LogP contribution in [0.25, 0.3) is 0 Å². The number of carbonyl (C=O) groups excluding carboxylic acids is 1. The molecule has 7 heteroatoms. The Labute approximate surface area is 236 Å². The van der Waals surface area contributed by atoms with Gasteiger partial charge in [-0.25, -0.2) is 9.18 Å². The lowest BCUT2D eigenvalue weighted by Gasteiger charge is -2.66. The Morgan fingerprint density at radius 3 is 2.31 bits per heavy atom. The molecule has 0 spiro atoms. The minimum atomic E-state index is -1.59. The lowest BCUT2D eigenvalue weighted by molar-refractivity contribution is -0.262. The fourth-order valence-electron chi connectivity index (χ4n) is 10.5. The summed E-state index contributed by atoms with van der Waals surface area (Å²) >= 11 is 0. The largest absolute Gasteiger partial charge is 0.467 e. The second-order valence-corrected chi connectivity index (χ2v) is 13.9. The van der Waals surface area contributed by atoms with Crippen molar-refractivity contribution in [2.24, 2.45) is 58.2 Å². The Balaban J connectivity index is 1.74. The molecule has 4 rings (SSSR count). The quantitative estimate of drug-likeness (QED) is 0.210. The highest BCUT2D eigenvalue weighted by atomic mass is 19.1. The van der Waals surface area contributed by atoms with Gasteiger partial charge in [-0.1, -0.05) is 47.5 Å². The molecule has 4 unspecified atom stereocenters. The normalized spacial score (nSPS) is 45.1. The topological polar surface area (TPSA) is 63.2 Å². The fourth-order valence-corrected chi connectivity index (χ4v) is 10.5. The molecule has 0 radical (unpaired) electrons. The standard InChI is InChI=1S/C32H55FO6/c1-9-21-24-14-19(2)12-13-31(24,4)25-16-27(38-17-35-6)32(5)22(20(3)15-26(33)30(34)37-8)10-11-23(32)28(25)29(21)39-18-36-7/h19-29H,9-18H2,1-8H3/t19-,20-,21-,22-,23?,24+,25?,26+,27+,28?,29?,31+,32-/m1/s1. The van der Waals surface area contributed by atoms with Crippen molar-refractivity contribution < 1.29 is 32.9 Å². The molecular weight excluding hydrogens is 499 g/mol. The van der Waals surface area contributed by atoms with Crippen molar-refractivity contribution in [2.75, 3.05) is 34.9 Å². The molecule has 0 heterocycles. The molecule has 0 amide bonds. The third-order valence-electron chi connectivity index (χ3n) is 12.3. The summed E-state index contributed by atoms with van der Waals surface area (Å²) in [6, 6.07) is 0. The third kappa shape index (κ3) is 5.44. The molecule has 4 saturated carbocycles. The smallest absolute Gasteiger partial charge is 0.340 e. The second kappa shape index (κ2) is 12.6. The van der Waals surface area contributed by atoms with E-state index in [0.717, 1.165) is 31.6 Å². The molecule has 0 aliphatic heterocycles. The van der Waals surface area contributed by atoms with Crippen LogP contribution in [0.5, 0.6) is 0 Å². The van der Waals surface area contributed by atoms with Crippen LogP contribution in [-0.2, 0) is 28.5 Å². The van der Waals surface area contributed by atoms with Crippen LogP contribution in [0.15, 0.2) is 0 Å². The number of fused-ring (bicyclic) bond motifs is 5. The monoisotopic (exact) mass is 554 g/mol. The Hall–Kier alpha value is -0.760. The maximum atomic E-state index is 14.8. The molecule has 4 aliphatic rings. The molecule has 0 bridgehead atoms. The summed E-state index contributed by atoms with van der Waals surface area (Å²) in [6.45, 7) is 12.4. The number of hydrogen-bond donors (Lipinski definition) is 0.